The quantitative estimate of drug-likeness (QED) is 0.293. The van der Waals surface area contributed by atoms with E-state index in [2.05, 4.69) is 43.3 Å². The van der Waals surface area contributed by atoms with Gasteiger partial charge in [-0.15, -0.1) is 0 Å². The molecule has 3 aliphatic rings. The zero-order valence-corrected chi connectivity index (χ0v) is 20.5. The molecule has 0 amide bonds. The second kappa shape index (κ2) is 11.4. The first-order valence-electron chi connectivity index (χ1n) is 13.5. The second-order valence-corrected chi connectivity index (χ2v) is 11.3. The Morgan fingerprint density at radius 3 is 1.68 bits per heavy atom. The van der Waals surface area contributed by atoms with Gasteiger partial charge in [0.2, 0.25) is 0 Å². The van der Waals surface area contributed by atoms with Gasteiger partial charge in [-0.05, 0) is 119 Å². The number of allylic oxidation sites excluding steroid dienone is 4. The molecule has 4 heteroatoms. The van der Waals surface area contributed by atoms with Crippen LogP contribution in [0.5, 0.6) is 0 Å². The summed E-state index contributed by atoms with van der Waals surface area (Å²) < 4.78 is 51.0. The fourth-order valence-electron chi connectivity index (χ4n) is 6.75. The van der Waals surface area contributed by atoms with E-state index in [1.165, 1.54) is 62.5 Å². The standard InChI is InChI=1S/C30H40F4/c1-21-2-10-24(11-3-21)26-16-18-27(19-17-26)25-12-6-22(7-13-25)4-5-23-8-14-28(15-9-23)29(31)20-30(32,33)34/h2-5,10-11,20,22-23,25-28H,6-9,12-19H2,1H3/b5-4+,29-20-. The van der Waals surface area contributed by atoms with Gasteiger partial charge in [-0.2, -0.15) is 13.2 Å². The lowest BCUT2D eigenvalue weighted by Gasteiger charge is -2.37. The normalized spacial score (nSPS) is 33.9. The third-order valence-electron chi connectivity index (χ3n) is 8.92. The number of rotatable bonds is 5. The Morgan fingerprint density at radius 2 is 1.18 bits per heavy atom. The second-order valence-electron chi connectivity index (χ2n) is 11.3. The molecule has 0 aromatic heterocycles. The summed E-state index contributed by atoms with van der Waals surface area (Å²) in [5, 5.41) is 0. The maximum absolute atomic E-state index is 13.8. The van der Waals surface area contributed by atoms with Crippen molar-refractivity contribution in [3.05, 3.63) is 59.4 Å². The number of halogens is 4. The zero-order valence-electron chi connectivity index (χ0n) is 20.5. The van der Waals surface area contributed by atoms with E-state index in [-0.39, 0.29) is 6.08 Å². The molecule has 0 N–H and O–H groups in total. The van der Waals surface area contributed by atoms with Gasteiger partial charge in [0.15, 0.2) is 0 Å². The molecule has 0 bridgehead atoms. The third kappa shape index (κ3) is 7.21. The molecule has 0 radical (unpaired) electrons. The summed E-state index contributed by atoms with van der Waals surface area (Å²) >= 11 is 0. The van der Waals surface area contributed by atoms with Crippen LogP contribution in [0.4, 0.5) is 17.6 Å². The van der Waals surface area contributed by atoms with E-state index in [9.17, 15) is 17.6 Å². The van der Waals surface area contributed by atoms with Crippen LogP contribution < -0.4 is 0 Å². The van der Waals surface area contributed by atoms with E-state index >= 15 is 0 Å². The monoisotopic (exact) mass is 476 g/mol. The van der Waals surface area contributed by atoms with Crippen molar-refractivity contribution in [3.8, 4) is 0 Å². The molecular weight excluding hydrogens is 436 g/mol. The lowest BCUT2D eigenvalue weighted by Crippen LogP contribution is -2.25. The van der Waals surface area contributed by atoms with Crippen LogP contribution in [-0.4, -0.2) is 6.18 Å². The molecule has 4 rings (SSSR count). The molecule has 0 saturated heterocycles. The molecular formula is C30H40F4. The molecule has 3 saturated carbocycles. The first-order chi connectivity index (χ1) is 16.3. The number of aryl methyl sites for hydroxylation is 1. The third-order valence-corrected chi connectivity index (χ3v) is 8.92. The van der Waals surface area contributed by atoms with Crippen molar-refractivity contribution in [1.29, 1.82) is 0 Å². The molecule has 1 aromatic carbocycles. The fraction of sp³-hybridized carbons (Fsp3) is 0.667. The largest absolute Gasteiger partial charge is 0.412 e. The van der Waals surface area contributed by atoms with Gasteiger partial charge in [-0.1, -0.05) is 42.0 Å². The van der Waals surface area contributed by atoms with Crippen molar-refractivity contribution in [1.82, 2.24) is 0 Å². The Balaban J connectivity index is 1.16. The predicted molar refractivity (Wildman–Crippen MR) is 131 cm³/mol. The summed E-state index contributed by atoms with van der Waals surface area (Å²) in [5.41, 5.74) is 2.86. The molecule has 0 aliphatic heterocycles. The van der Waals surface area contributed by atoms with Crippen LogP contribution in [0, 0.1) is 36.5 Å². The van der Waals surface area contributed by atoms with E-state index in [0.29, 0.717) is 24.7 Å². The van der Waals surface area contributed by atoms with E-state index in [1.807, 2.05) is 0 Å². The van der Waals surface area contributed by atoms with Gasteiger partial charge in [0.1, 0.15) is 5.83 Å². The van der Waals surface area contributed by atoms with Crippen molar-refractivity contribution < 1.29 is 17.6 Å². The Bertz CT molecular complexity index is 810. The lowest BCUT2D eigenvalue weighted by molar-refractivity contribution is -0.0820. The minimum atomic E-state index is -4.56. The Kier molecular flexibility index (Phi) is 8.58. The van der Waals surface area contributed by atoms with Gasteiger partial charge >= 0.3 is 6.18 Å². The summed E-state index contributed by atoms with van der Waals surface area (Å²) in [6.07, 6.45) is 13.1. The zero-order chi connectivity index (χ0) is 24.1. The highest BCUT2D eigenvalue weighted by molar-refractivity contribution is 5.24. The molecule has 3 fully saturated rings. The van der Waals surface area contributed by atoms with E-state index in [0.717, 1.165) is 30.6 Å². The summed E-state index contributed by atoms with van der Waals surface area (Å²) in [6, 6.07) is 9.12. The summed E-state index contributed by atoms with van der Waals surface area (Å²) in [5.74, 6) is 2.00. The Hall–Kier alpha value is -1.58. The summed E-state index contributed by atoms with van der Waals surface area (Å²) in [7, 11) is 0. The minimum Gasteiger partial charge on any atom is -0.212 e. The van der Waals surface area contributed by atoms with Crippen molar-refractivity contribution >= 4 is 0 Å². The minimum absolute atomic E-state index is 0.152. The van der Waals surface area contributed by atoms with Crippen molar-refractivity contribution in [3.63, 3.8) is 0 Å². The van der Waals surface area contributed by atoms with Gasteiger partial charge in [0.25, 0.3) is 0 Å². The van der Waals surface area contributed by atoms with Gasteiger partial charge < -0.3 is 0 Å². The van der Waals surface area contributed by atoms with Crippen LogP contribution in [0.25, 0.3) is 0 Å². The van der Waals surface area contributed by atoms with E-state index in [1.54, 1.807) is 0 Å². The molecule has 34 heavy (non-hydrogen) atoms. The van der Waals surface area contributed by atoms with Crippen molar-refractivity contribution in [2.45, 2.75) is 96.1 Å². The highest BCUT2D eigenvalue weighted by Crippen LogP contribution is 2.44. The SMILES string of the molecule is Cc1ccc(C2CCC(C3CCC(/C=C/C4CCC(/C(F)=C/C(F)(F)F)CC4)CC3)CC2)cc1. The highest BCUT2D eigenvalue weighted by Gasteiger charge is 2.32. The van der Waals surface area contributed by atoms with Crippen LogP contribution in [-0.2, 0) is 0 Å². The number of hydrogen-bond acceptors (Lipinski definition) is 0. The average Bonchev–Trinajstić information content (AvgIpc) is 2.83. The molecule has 1 aromatic rings. The first-order valence-corrected chi connectivity index (χ1v) is 13.5. The van der Waals surface area contributed by atoms with Crippen LogP contribution in [0.2, 0.25) is 0 Å². The van der Waals surface area contributed by atoms with Gasteiger partial charge in [0.05, 0.1) is 6.08 Å². The number of alkyl halides is 3. The molecule has 0 spiro atoms. The molecule has 3 aliphatic carbocycles. The Morgan fingerprint density at radius 1 is 0.706 bits per heavy atom. The van der Waals surface area contributed by atoms with Crippen molar-refractivity contribution in [2.24, 2.45) is 29.6 Å². The van der Waals surface area contributed by atoms with E-state index < -0.39 is 17.9 Å². The highest BCUT2D eigenvalue weighted by atomic mass is 19.4. The number of hydrogen-bond donors (Lipinski definition) is 0. The summed E-state index contributed by atoms with van der Waals surface area (Å²) in [6.45, 7) is 2.15. The predicted octanol–water partition coefficient (Wildman–Crippen LogP) is 9.85. The molecule has 0 atom stereocenters. The van der Waals surface area contributed by atoms with E-state index in [4.69, 9.17) is 0 Å². The Labute approximate surface area is 202 Å². The topological polar surface area (TPSA) is 0 Å². The molecule has 0 unspecified atom stereocenters. The van der Waals surface area contributed by atoms with Gasteiger partial charge in [-0.3, -0.25) is 0 Å². The molecule has 0 nitrogen and oxygen atoms in total. The lowest BCUT2D eigenvalue weighted by atomic mass is 9.68. The number of benzene rings is 1. The van der Waals surface area contributed by atoms with Crippen LogP contribution in [0.1, 0.15) is 94.1 Å². The van der Waals surface area contributed by atoms with Gasteiger partial charge in [0, 0.05) is 5.92 Å². The van der Waals surface area contributed by atoms with Crippen LogP contribution in [0.15, 0.2) is 48.3 Å². The maximum Gasteiger partial charge on any atom is 0.412 e. The maximum atomic E-state index is 13.8. The van der Waals surface area contributed by atoms with Crippen LogP contribution >= 0.6 is 0 Å². The smallest absolute Gasteiger partial charge is 0.212 e. The first kappa shape index (κ1) is 25.5. The summed E-state index contributed by atoms with van der Waals surface area (Å²) in [4.78, 5) is 0. The molecule has 0 heterocycles. The fourth-order valence-corrected chi connectivity index (χ4v) is 6.75. The van der Waals surface area contributed by atoms with Crippen molar-refractivity contribution in [2.75, 3.05) is 0 Å². The van der Waals surface area contributed by atoms with Gasteiger partial charge in [-0.25, -0.2) is 4.39 Å². The molecule has 188 valence electrons. The van der Waals surface area contributed by atoms with Crippen LogP contribution in [0.3, 0.4) is 0 Å². The average molecular weight is 477 g/mol.